The number of ether oxygens (including phenoxy) is 1. The van der Waals surface area contributed by atoms with Crippen molar-refractivity contribution < 1.29 is 19.4 Å². The predicted octanol–water partition coefficient (Wildman–Crippen LogP) is 2.65. The molecule has 0 saturated carbocycles. The Bertz CT molecular complexity index is 698. The quantitative estimate of drug-likeness (QED) is 0.646. The van der Waals surface area contributed by atoms with Crippen LogP contribution in [0.1, 0.15) is 42.6 Å². The molecule has 2 N–H and O–H groups in total. The summed E-state index contributed by atoms with van der Waals surface area (Å²) < 4.78 is 6.86. The average Bonchev–Trinajstić information content (AvgIpc) is 3.06. The number of aromatic nitrogens is 2. The van der Waals surface area contributed by atoms with E-state index in [0.717, 1.165) is 24.9 Å². The van der Waals surface area contributed by atoms with Crippen LogP contribution in [-0.4, -0.2) is 40.4 Å². The molecule has 0 aliphatic heterocycles. The Labute approximate surface area is 146 Å². The zero-order valence-corrected chi connectivity index (χ0v) is 14.3. The number of benzene rings is 1. The van der Waals surface area contributed by atoms with E-state index in [-0.39, 0.29) is 18.0 Å². The van der Waals surface area contributed by atoms with Crippen molar-refractivity contribution >= 4 is 11.9 Å². The minimum absolute atomic E-state index is 0.195. The summed E-state index contributed by atoms with van der Waals surface area (Å²) in [6.45, 7) is 0.521. The van der Waals surface area contributed by atoms with E-state index >= 15 is 0 Å². The number of aliphatic carboxylic acids is 1. The summed E-state index contributed by atoms with van der Waals surface area (Å²) in [5.41, 5.74) is 1.09. The number of carboxylic acid groups (broad SMARTS) is 1. The van der Waals surface area contributed by atoms with Gasteiger partial charge in [-0.25, -0.2) is 4.68 Å². The largest absolute Gasteiger partial charge is 0.493 e. The first-order valence-electron chi connectivity index (χ1n) is 8.31. The van der Waals surface area contributed by atoms with Gasteiger partial charge < -0.3 is 15.2 Å². The van der Waals surface area contributed by atoms with Crippen LogP contribution in [0.25, 0.3) is 5.69 Å². The fraction of sp³-hybridized carbons (Fsp3) is 0.389. The fourth-order valence-electron chi connectivity index (χ4n) is 2.42. The zero-order valence-electron chi connectivity index (χ0n) is 14.3. The molecule has 0 unspecified atom stereocenters. The summed E-state index contributed by atoms with van der Waals surface area (Å²) in [5.74, 6) is -0.630. The number of amides is 1. The van der Waals surface area contributed by atoms with E-state index < -0.39 is 5.97 Å². The predicted molar refractivity (Wildman–Crippen MR) is 93.2 cm³/mol. The number of para-hydroxylation sites is 1. The first kappa shape index (κ1) is 18.5. The molecule has 0 spiro atoms. The molecule has 7 nitrogen and oxygen atoms in total. The van der Waals surface area contributed by atoms with Gasteiger partial charge in [0.15, 0.2) is 11.4 Å². The Morgan fingerprint density at radius 1 is 1.16 bits per heavy atom. The van der Waals surface area contributed by atoms with E-state index in [4.69, 9.17) is 9.84 Å². The van der Waals surface area contributed by atoms with Gasteiger partial charge in [-0.1, -0.05) is 31.0 Å². The monoisotopic (exact) mass is 345 g/mol. The highest BCUT2D eigenvalue weighted by Crippen LogP contribution is 2.19. The lowest BCUT2D eigenvalue weighted by Crippen LogP contribution is -2.25. The highest BCUT2D eigenvalue weighted by Gasteiger charge is 2.17. The summed E-state index contributed by atoms with van der Waals surface area (Å²) in [4.78, 5) is 22.7. The molecular formula is C18H23N3O4. The van der Waals surface area contributed by atoms with Gasteiger partial charge in [0.25, 0.3) is 5.91 Å². The number of nitrogens with zero attached hydrogens (tertiary/aromatic N) is 2. The summed E-state index contributed by atoms with van der Waals surface area (Å²) in [5, 5.41) is 15.7. The molecule has 0 radical (unpaired) electrons. The van der Waals surface area contributed by atoms with Gasteiger partial charge in [0, 0.05) is 13.0 Å². The highest BCUT2D eigenvalue weighted by molar-refractivity contribution is 5.94. The van der Waals surface area contributed by atoms with E-state index in [1.54, 1.807) is 10.9 Å². The number of rotatable bonds is 10. The summed E-state index contributed by atoms with van der Waals surface area (Å²) in [6, 6.07) is 9.49. The lowest BCUT2D eigenvalue weighted by Gasteiger charge is -2.04. The maximum absolute atomic E-state index is 12.3. The molecule has 0 fully saturated rings. The second-order valence-electron chi connectivity index (χ2n) is 5.64. The van der Waals surface area contributed by atoms with Crippen molar-refractivity contribution in [3.05, 3.63) is 42.2 Å². The van der Waals surface area contributed by atoms with Crippen molar-refractivity contribution in [3.8, 4) is 11.4 Å². The maximum atomic E-state index is 12.3. The molecule has 7 heteroatoms. The molecule has 1 heterocycles. The van der Waals surface area contributed by atoms with E-state index in [1.807, 2.05) is 30.3 Å². The molecule has 0 aliphatic carbocycles. The topological polar surface area (TPSA) is 93.5 Å². The van der Waals surface area contributed by atoms with Crippen molar-refractivity contribution in [1.29, 1.82) is 0 Å². The van der Waals surface area contributed by atoms with Gasteiger partial charge in [-0.05, 0) is 25.0 Å². The average molecular weight is 345 g/mol. The Morgan fingerprint density at radius 2 is 1.88 bits per heavy atom. The lowest BCUT2D eigenvalue weighted by molar-refractivity contribution is -0.137. The van der Waals surface area contributed by atoms with E-state index in [1.165, 1.54) is 7.11 Å². The van der Waals surface area contributed by atoms with Crippen LogP contribution in [0.15, 0.2) is 36.5 Å². The third-order valence-corrected chi connectivity index (χ3v) is 3.74. The Hall–Kier alpha value is -2.83. The van der Waals surface area contributed by atoms with Crippen LogP contribution < -0.4 is 10.1 Å². The number of hydrogen-bond donors (Lipinski definition) is 2. The van der Waals surface area contributed by atoms with Crippen molar-refractivity contribution in [2.75, 3.05) is 13.7 Å². The number of nitrogens with one attached hydrogen (secondary N) is 1. The molecule has 1 aromatic carbocycles. The van der Waals surface area contributed by atoms with Crippen molar-refractivity contribution in [2.24, 2.45) is 0 Å². The van der Waals surface area contributed by atoms with Gasteiger partial charge in [-0.15, -0.1) is 0 Å². The number of carbonyl (C=O) groups excluding carboxylic acids is 1. The SMILES string of the molecule is COc1cn(-c2ccccc2)nc1C(=O)NCCCCCCC(=O)O. The lowest BCUT2D eigenvalue weighted by atomic mass is 10.1. The molecule has 0 aliphatic rings. The molecule has 2 rings (SSSR count). The molecule has 2 aromatic rings. The standard InChI is InChI=1S/C18H23N3O4/c1-25-15-13-21(14-9-5-4-6-10-14)20-17(15)18(24)19-12-8-3-2-7-11-16(22)23/h4-6,9-10,13H,2-3,7-8,11-12H2,1H3,(H,19,24)(H,22,23). The van der Waals surface area contributed by atoms with Crippen LogP contribution in [0.2, 0.25) is 0 Å². The second kappa shape index (κ2) is 9.46. The highest BCUT2D eigenvalue weighted by atomic mass is 16.5. The summed E-state index contributed by atoms with van der Waals surface area (Å²) >= 11 is 0. The summed E-state index contributed by atoms with van der Waals surface area (Å²) in [7, 11) is 1.51. The van der Waals surface area contributed by atoms with Crippen molar-refractivity contribution in [1.82, 2.24) is 15.1 Å². The van der Waals surface area contributed by atoms with Crippen LogP contribution in [0.3, 0.4) is 0 Å². The Kier molecular flexibility index (Phi) is 7.00. The van der Waals surface area contributed by atoms with Crippen LogP contribution >= 0.6 is 0 Å². The van der Waals surface area contributed by atoms with Crippen molar-refractivity contribution in [2.45, 2.75) is 32.1 Å². The molecule has 1 aromatic heterocycles. The van der Waals surface area contributed by atoms with Crippen molar-refractivity contribution in [3.63, 3.8) is 0 Å². The molecule has 134 valence electrons. The number of carboxylic acids is 1. The zero-order chi connectivity index (χ0) is 18.1. The van der Waals surface area contributed by atoms with Crippen LogP contribution in [0.4, 0.5) is 0 Å². The van der Waals surface area contributed by atoms with E-state index in [0.29, 0.717) is 18.7 Å². The Balaban J connectivity index is 1.85. The number of unbranched alkanes of at least 4 members (excludes halogenated alkanes) is 3. The minimum Gasteiger partial charge on any atom is -0.493 e. The van der Waals surface area contributed by atoms with Gasteiger partial charge in [-0.2, -0.15) is 5.10 Å². The van der Waals surface area contributed by atoms with Crippen LogP contribution in [0, 0.1) is 0 Å². The van der Waals surface area contributed by atoms with Gasteiger partial charge in [0.2, 0.25) is 0 Å². The second-order valence-corrected chi connectivity index (χ2v) is 5.64. The van der Waals surface area contributed by atoms with Gasteiger partial charge in [0.05, 0.1) is 19.0 Å². The Morgan fingerprint density at radius 3 is 2.56 bits per heavy atom. The molecule has 0 bridgehead atoms. The number of methoxy groups -OCH3 is 1. The van der Waals surface area contributed by atoms with Gasteiger partial charge in [-0.3, -0.25) is 9.59 Å². The molecule has 25 heavy (non-hydrogen) atoms. The van der Waals surface area contributed by atoms with E-state index in [9.17, 15) is 9.59 Å². The minimum atomic E-state index is -0.769. The third kappa shape index (κ3) is 5.63. The van der Waals surface area contributed by atoms with Gasteiger partial charge >= 0.3 is 5.97 Å². The van der Waals surface area contributed by atoms with E-state index in [2.05, 4.69) is 10.4 Å². The first-order chi connectivity index (χ1) is 12.1. The molecule has 0 atom stereocenters. The third-order valence-electron chi connectivity index (χ3n) is 3.74. The number of hydrogen-bond acceptors (Lipinski definition) is 4. The maximum Gasteiger partial charge on any atom is 0.303 e. The molecule has 1 amide bonds. The molecular weight excluding hydrogens is 322 g/mol. The normalized spacial score (nSPS) is 10.4. The smallest absolute Gasteiger partial charge is 0.303 e. The first-order valence-corrected chi connectivity index (χ1v) is 8.31. The summed E-state index contributed by atoms with van der Waals surface area (Å²) in [6.07, 6.45) is 5.06. The van der Waals surface area contributed by atoms with Gasteiger partial charge in [0.1, 0.15) is 0 Å². The van der Waals surface area contributed by atoms with Crippen LogP contribution in [0.5, 0.6) is 5.75 Å². The fourth-order valence-corrected chi connectivity index (χ4v) is 2.42. The number of carbonyl (C=O) groups is 2. The van der Waals surface area contributed by atoms with Crippen LogP contribution in [-0.2, 0) is 4.79 Å². The molecule has 0 saturated heterocycles.